The van der Waals surface area contributed by atoms with Gasteiger partial charge in [0.15, 0.2) is 0 Å². The summed E-state index contributed by atoms with van der Waals surface area (Å²) < 4.78 is 47.2. The van der Waals surface area contributed by atoms with Crippen LogP contribution in [-0.2, 0) is 12.7 Å². The number of amides is 2. The number of benzene rings is 2. The summed E-state index contributed by atoms with van der Waals surface area (Å²) in [5, 5.41) is 5.31. The average molecular weight is 549 g/mol. The van der Waals surface area contributed by atoms with Crippen molar-refractivity contribution in [1.29, 1.82) is 0 Å². The summed E-state index contributed by atoms with van der Waals surface area (Å²) in [5.74, 6) is 0.701. The molecule has 1 aromatic heterocycles. The topological polar surface area (TPSA) is 82.6 Å². The fourth-order valence-electron chi connectivity index (χ4n) is 4.13. The number of carbonyl (C=O) groups excluding carboxylic acids is 1. The zero-order valence-electron chi connectivity index (χ0n) is 20.9. The standard InChI is InChI=1S/C26H28ClF3N6O2/c1-17(2)36-11-9-35(10-12-36)15-18-3-4-20(13-22(18)26(28,29)30)34-25(37)33-19-5-7-21(8-6-19)38-24-14-23(27)31-16-32-24/h3-8,13-14,16-17H,9-12,15H2,1-2H3,(H2,33,34,37). The highest BCUT2D eigenvalue weighted by Crippen LogP contribution is 2.35. The van der Waals surface area contributed by atoms with Gasteiger partial charge in [-0.05, 0) is 55.8 Å². The number of halogens is 4. The number of hydrogen-bond acceptors (Lipinski definition) is 6. The zero-order chi connectivity index (χ0) is 27.3. The smallest absolute Gasteiger partial charge is 0.416 e. The Labute approximate surface area is 223 Å². The van der Waals surface area contributed by atoms with E-state index in [-0.39, 0.29) is 28.8 Å². The molecule has 202 valence electrons. The van der Waals surface area contributed by atoms with Gasteiger partial charge < -0.3 is 15.4 Å². The van der Waals surface area contributed by atoms with E-state index in [1.807, 2.05) is 4.90 Å². The number of nitrogens with one attached hydrogen (secondary N) is 2. The molecule has 1 aliphatic heterocycles. The van der Waals surface area contributed by atoms with Gasteiger partial charge in [0.25, 0.3) is 0 Å². The van der Waals surface area contributed by atoms with Crippen LogP contribution in [0.2, 0.25) is 5.15 Å². The van der Waals surface area contributed by atoms with Gasteiger partial charge in [-0.3, -0.25) is 9.80 Å². The number of anilines is 2. The molecular weight excluding hydrogens is 521 g/mol. The molecule has 8 nitrogen and oxygen atoms in total. The van der Waals surface area contributed by atoms with Crippen molar-refractivity contribution in [1.82, 2.24) is 19.8 Å². The molecule has 38 heavy (non-hydrogen) atoms. The van der Waals surface area contributed by atoms with E-state index in [1.165, 1.54) is 24.5 Å². The van der Waals surface area contributed by atoms with Crippen LogP contribution >= 0.6 is 11.6 Å². The van der Waals surface area contributed by atoms with E-state index < -0.39 is 17.8 Å². The van der Waals surface area contributed by atoms with Crippen molar-refractivity contribution in [2.24, 2.45) is 0 Å². The van der Waals surface area contributed by atoms with Crippen molar-refractivity contribution in [2.45, 2.75) is 32.6 Å². The summed E-state index contributed by atoms with van der Waals surface area (Å²) in [5.41, 5.74) is -0.109. The summed E-state index contributed by atoms with van der Waals surface area (Å²) in [6, 6.07) is 11.4. The van der Waals surface area contributed by atoms with Crippen molar-refractivity contribution in [3.05, 3.63) is 71.1 Å². The van der Waals surface area contributed by atoms with E-state index in [1.54, 1.807) is 24.3 Å². The average Bonchev–Trinajstić information content (AvgIpc) is 2.86. The van der Waals surface area contributed by atoms with Crippen molar-refractivity contribution in [3.63, 3.8) is 0 Å². The third-order valence-electron chi connectivity index (χ3n) is 6.15. The predicted octanol–water partition coefficient (Wildman–Crippen LogP) is 6.11. The molecule has 0 aliphatic carbocycles. The molecule has 2 N–H and O–H groups in total. The molecule has 2 aromatic carbocycles. The van der Waals surface area contributed by atoms with Crippen LogP contribution in [-0.4, -0.2) is 58.0 Å². The number of urea groups is 1. The Hall–Kier alpha value is -3.41. The maximum Gasteiger partial charge on any atom is 0.416 e. The Kier molecular flexibility index (Phi) is 8.70. The summed E-state index contributed by atoms with van der Waals surface area (Å²) in [4.78, 5) is 24.5. The molecule has 2 amide bonds. The number of aromatic nitrogens is 2. The first-order chi connectivity index (χ1) is 18.1. The highest BCUT2D eigenvalue weighted by molar-refractivity contribution is 6.29. The highest BCUT2D eigenvalue weighted by Gasteiger charge is 2.34. The molecule has 12 heteroatoms. The number of carbonyl (C=O) groups is 1. The van der Waals surface area contributed by atoms with Crippen LogP contribution in [0.3, 0.4) is 0 Å². The minimum atomic E-state index is -4.55. The second-order valence-corrected chi connectivity index (χ2v) is 9.55. The van der Waals surface area contributed by atoms with E-state index in [0.29, 0.717) is 30.6 Å². The fraction of sp³-hybridized carbons (Fsp3) is 0.346. The fourth-order valence-corrected chi connectivity index (χ4v) is 4.27. The normalized spacial score (nSPS) is 14.9. The van der Waals surface area contributed by atoms with E-state index in [4.69, 9.17) is 16.3 Å². The van der Waals surface area contributed by atoms with Crippen LogP contribution in [0, 0.1) is 0 Å². The number of nitrogens with zero attached hydrogens (tertiary/aromatic N) is 4. The molecule has 0 unspecified atom stereocenters. The van der Waals surface area contributed by atoms with Gasteiger partial charge in [0.2, 0.25) is 5.88 Å². The van der Waals surface area contributed by atoms with Crippen molar-refractivity contribution in [2.75, 3.05) is 36.8 Å². The Morgan fingerprint density at radius 1 is 1.00 bits per heavy atom. The lowest BCUT2D eigenvalue weighted by Gasteiger charge is -2.37. The van der Waals surface area contributed by atoms with E-state index in [0.717, 1.165) is 19.2 Å². The number of rotatable bonds is 7. The summed E-state index contributed by atoms with van der Waals surface area (Å²) in [7, 11) is 0. The molecule has 0 atom stereocenters. The Morgan fingerprint density at radius 3 is 2.29 bits per heavy atom. The maximum absolute atomic E-state index is 13.9. The lowest BCUT2D eigenvalue weighted by atomic mass is 10.0. The SMILES string of the molecule is CC(C)N1CCN(Cc2ccc(NC(=O)Nc3ccc(Oc4cc(Cl)ncn4)cc3)cc2C(F)(F)F)CC1. The lowest BCUT2D eigenvalue weighted by molar-refractivity contribution is -0.138. The van der Waals surface area contributed by atoms with Gasteiger partial charge in [0.1, 0.15) is 17.2 Å². The minimum Gasteiger partial charge on any atom is -0.439 e. The van der Waals surface area contributed by atoms with Crippen LogP contribution < -0.4 is 15.4 Å². The summed E-state index contributed by atoms with van der Waals surface area (Å²) >= 11 is 5.81. The van der Waals surface area contributed by atoms with Crippen LogP contribution in [0.1, 0.15) is 25.0 Å². The van der Waals surface area contributed by atoms with Gasteiger partial charge in [0.05, 0.1) is 5.56 Å². The van der Waals surface area contributed by atoms with E-state index in [9.17, 15) is 18.0 Å². The molecule has 0 spiro atoms. The molecule has 0 saturated carbocycles. The number of ether oxygens (including phenoxy) is 1. The zero-order valence-corrected chi connectivity index (χ0v) is 21.7. The highest BCUT2D eigenvalue weighted by atomic mass is 35.5. The van der Waals surface area contributed by atoms with Gasteiger partial charge in [-0.2, -0.15) is 13.2 Å². The second-order valence-electron chi connectivity index (χ2n) is 9.16. The van der Waals surface area contributed by atoms with Crippen molar-refractivity contribution in [3.8, 4) is 11.6 Å². The summed E-state index contributed by atoms with van der Waals surface area (Å²) in [6.45, 7) is 7.47. The molecule has 3 aromatic rings. The molecule has 0 radical (unpaired) electrons. The van der Waals surface area contributed by atoms with E-state index >= 15 is 0 Å². The Morgan fingerprint density at radius 2 is 1.66 bits per heavy atom. The van der Waals surface area contributed by atoms with Crippen molar-refractivity contribution < 1.29 is 22.7 Å². The van der Waals surface area contributed by atoms with Gasteiger partial charge in [-0.1, -0.05) is 17.7 Å². The molecule has 1 aliphatic rings. The summed E-state index contributed by atoms with van der Waals surface area (Å²) in [6.07, 6.45) is -3.28. The first kappa shape index (κ1) is 27.6. The first-order valence-corrected chi connectivity index (χ1v) is 12.4. The van der Waals surface area contributed by atoms with Crippen LogP contribution in [0.4, 0.5) is 29.3 Å². The maximum atomic E-state index is 13.9. The van der Waals surface area contributed by atoms with Crippen LogP contribution in [0.5, 0.6) is 11.6 Å². The Balaban J connectivity index is 1.37. The number of alkyl halides is 3. The van der Waals surface area contributed by atoms with E-state index in [2.05, 4.69) is 39.3 Å². The largest absolute Gasteiger partial charge is 0.439 e. The Bertz CT molecular complexity index is 1250. The van der Waals surface area contributed by atoms with Gasteiger partial charge in [-0.15, -0.1) is 0 Å². The molecular formula is C26H28ClF3N6O2. The van der Waals surface area contributed by atoms with Crippen molar-refractivity contribution >= 4 is 29.0 Å². The van der Waals surface area contributed by atoms with Gasteiger partial charge in [-0.25, -0.2) is 14.8 Å². The van der Waals surface area contributed by atoms with Crippen LogP contribution in [0.15, 0.2) is 54.9 Å². The molecule has 0 bridgehead atoms. The molecule has 2 heterocycles. The van der Waals surface area contributed by atoms with Gasteiger partial charge >= 0.3 is 12.2 Å². The van der Waals surface area contributed by atoms with Crippen LogP contribution in [0.25, 0.3) is 0 Å². The molecule has 4 rings (SSSR count). The van der Waals surface area contributed by atoms with Gasteiger partial charge in [0, 0.05) is 56.2 Å². The minimum absolute atomic E-state index is 0.0452. The number of piperazine rings is 1. The molecule has 1 saturated heterocycles. The monoisotopic (exact) mass is 548 g/mol. The first-order valence-electron chi connectivity index (χ1n) is 12.1. The quantitative estimate of drug-likeness (QED) is 0.347. The lowest BCUT2D eigenvalue weighted by Crippen LogP contribution is -2.48. The third-order valence-corrected chi connectivity index (χ3v) is 6.35. The number of hydrogen-bond donors (Lipinski definition) is 2. The molecule has 1 fully saturated rings. The second kappa shape index (κ2) is 12.0. The third kappa shape index (κ3) is 7.56. The predicted molar refractivity (Wildman–Crippen MR) is 140 cm³/mol.